The van der Waals surface area contributed by atoms with Gasteiger partial charge in [-0.25, -0.2) is 9.59 Å². The Morgan fingerprint density at radius 1 is 0.939 bits per heavy atom. The van der Waals surface area contributed by atoms with Crippen LogP contribution >= 0.6 is 0 Å². The Labute approximate surface area is 194 Å². The molecule has 1 heterocycles. The minimum Gasteiger partial charge on any atom is -0.478 e. The van der Waals surface area contributed by atoms with Gasteiger partial charge in [-0.05, 0) is 53.9 Å². The van der Waals surface area contributed by atoms with Crippen LogP contribution in [0, 0.1) is 17.8 Å². The van der Waals surface area contributed by atoms with Crippen molar-refractivity contribution in [1.82, 2.24) is 9.13 Å². The van der Waals surface area contributed by atoms with Gasteiger partial charge in [0.2, 0.25) is 5.95 Å². The van der Waals surface area contributed by atoms with Crippen molar-refractivity contribution in [2.45, 2.75) is 60.0 Å². The lowest BCUT2D eigenvalue weighted by molar-refractivity contribution is 0.0697. The Morgan fingerprint density at radius 3 is 2.18 bits per heavy atom. The van der Waals surface area contributed by atoms with Gasteiger partial charge in [-0.15, -0.1) is 0 Å². The molecule has 176 valence electrons. The van der Waals surface area contributed by atoms with Gasteiger partial charge in [0.05, 0.1) is 17.8 Å². The van der Waals surface area contributed by atoms with Gasteiger partial charge in [0.15, 0.2) is 0 Å². The van der Waals surface area contributed by atoms with Gasteiger partial charge < -0.3 is 5.11 Å². The molecule has 0 saturated heterocycles. The summed E-state index contributed by atoms with van der Waals surface area (Å²) in [6, 6.07) is 14.3. The van der Waals surface area contributed by atoms with Crippen LogP contribution in [0.3, 0.4) is 0 Å². The molecule has 0 atom stereocenters. The van der Waals surface area contributed by atoms with E-state index in [1.165, 1.54) is 4.57 Å². The molecule has 0 unspecified atom stereocenters. The molecule has 0 bridgehead atoms. The summed E-state index contributed by atoms with van der Waals surface area (Å²) in [5, 5.41) is 9.46. The summed E-state index contributed by atoms with van der Waals surface area (Å²) >= 11 is 0. The monoisotopic (exact) mass is 452 g/mol. The lowest BCUT2D eigenvalue weighted by Crippen LogP contribution is -2.26. The SMILES string of the molecule is CC(C)CCc1c(F)n(CCC(C)C)c(=O)n1Cc1ccc(-c2ccccc2C(=O)O)cc1. The Balaban J connectivity index is 1.93. The highest BCUT2D eigenvalue weighted by molar-refractivity contribution is 5.95. The Hall–Kier alpha value is -3.15. The highest BCUT2D eigenvalue weighted by atomic mass is 19.1. The lowest BCUT2D eigenvalue weighted by Gasteiger charge is -2.10. The molecule has 0 aliphatic rings. The van der Waals surface area contributed by atoms with Crippen LogP contribution in [0.1, 0.15) is 62.2 Å². The second kappa shape index (κ2) is 10.6. The highest BCUT2D eigenvalue weighted by Gasteiger charge is 2.20. The van der Waals surface area contributed by atoms with Crippen molar-refractivity contribution < 1.29 is 14.3 Å². The molecule has 6 heteroatoms. The largest absolute Gasteiger partial charge is 0.478 e. The number of hydrogen-bond donors (Lipinski definition) is 1. The van der Waals surface area contributed by atoms with Gasteiger partial charge in [0.1, 0.15) is 0 Å². The van der Waals surface area contributed by atoms with Gasteiger partial charge in [0.25, 0.3) is 0 Å². The van der Waals surface area contributed by atoms with Crippen LogP contribution in [0.4, 0.5) is 4.39 Å². The molecule has 33 heavy (non-hydrogen) atoms. The summed E-state index contributed by atoms with van der Waals surface area (Å²) in [5.41, 5.74) is 2.66. The minimum absolute atomic E-state index is 0.238. The molecule has 3 aromatic rings. The number of aromatic nitrogens is 2. The molecule has 2 aromatic carbocycles. The number of imidazole rings is 1. The number of carboxylic acids is 1. The van der Waals surface area contributed by atoms with E-state index in [1.807, 2.05) is 24.3 Å². The second-order valence-electron chi connectivity index (χ2n) is 9.42. The first-order valence-corrected chi connectivity index (χ1v) is 11.6. The van der Waals surface area contributed by atoms with Gasteiger partial charge >= 0.3 is 11.7 Å². The van der Waals surface area contributed by atoms with E-state index in [4.69, 9.17) is 0 Å². The number of benzene rings is 2. The fourth-order valence-corrected chi connectivity index (χ4v) is 3.91. The smallest absolute Gasteiger partial charge is 0.336 e. The molecule has 0 aliphatic carbocycles. The summed E-state index contributed by atoms with van der Waals surface area (Å²) in [6.07, 6.45) is 2.05. The molecule has 0 spiro atoms. The average Bonchev–Trinajstić information content (AvgIpc) is 2.99. The molecule has 1 N–H and O–H groups in total. The van der Waals surface area contributed by atoms with E-state index in [2.05, 4.69) is 27.7 Å². The third kappa shape index (κ3) is 5.81. The van der Waals surface area contributed by atoms with Crippen LogP contribution in [0.5, 0.6) is 0 Å². The van der Waals surface area contributed by atoms with E-state index >= 15 is 4.39 Å². The van der Waals surface area contributed by atoms with Gasteiger partial charge in [-0.1, -0.05) is 70.2 Å². The zero-order valence-corrected chi connectivity index (χ0v) is 19.8. The Kier molecular flexibility index (Phi) is 7.90. The maximum atomic E-state index is 15.2. The maximum absolute atomic E-state index is 15.2. The summed E-state index contributed by atoms with van der Waals surface area (Å²) in [4.78, 5) is 24.6. The standard InChI is InChI=1S/C27H33FN2O3/c1-18(2)9-14-24-25(28)29(16-15-19(3)4)27(33)30(24)17-20-10-12-21(13-11-20)22-7-5-6-8-23(22)26(31)32/h5-8,10-13,18-19H,9,14-17H2,1-4H3,(H,31,32). The van der Waals surface area contributed by atoms with E-state index in [9.17, 15) is 14.7 Å². The van der Waals surface area contributed by atoms with E-state index in [1.54, 1.807) is 28.8 Å². The van der Waals surface area contributed by atoms with Crippen molar-refractivity contribution in [1.29, 1.82) is 0 Å². The topological polar surface area (TPSA) is 64.2 Å². The number of aromatic carboxylic acids is 1. The van der Waals surface area contributed by atoms with Gasteiger partial charge in [-0.2, -0.15) is 4.39 Å². The molecule has 0 saturated carbocycles. The number of rotatable bonds is 10. The first-order chi connectivity index (χ1) is 15.7. The number of nitrogens with zero attached hydrogens (tertiary/aromatic N) is 2. The Morgan fingerprint density at radius 2 is 1.58 bits per heavy atom. The van der Waals surface area contributed by atoms with Gasteiger partial charge in [0, 0.05) is 6.54 Å². The van der Waals surface area contributed by atoms with Crippen LogP contribution in [0.25, 0.3) is 11.1 Å². The maximum Gasteiger partial charge on any atom is 0.336 e. The van der Waals surface area contributed by atoms with Crippen LogP contribution in [-0.2, 0) is 19.5 Å². The molecule has 3 rings (SSSR count). The third-order valence-electron chi connectivity index (χ3n) is 5.91. The Bertz CT molecular complexity index is 1160. The van der Waals surface area contributed by atoms with Crippen molar-refractivity contribution >= 4 is 5.97 Å². The van der Waals surface area contributed by atoms with E-state index in [0.717, 1.165) is 24.0 Å². The van der Waals surface area contributed by atoms with Crippen LogP contribution in [0.15, 0.2) is 53.3 Å². The summed E-state index contributed by atoms with van der Waals surface area (Å²) in [5.74, 6) is -0.622. The second-order valence-corrected chi connectivity index (χ2v) is 9.42. The molecule has 0 radical (unpaired) electrons. The van der Waals surface area contributed by atoms with Crippen LogP contribution < -0.4 is 5.69 Å². The summed E-state index contributed by atoms with van der Waals surface area (Å²) in [6.45, 7) is 8.94. The van der Waals surface area contributed by atoms with Crippen molar-refractivity contribution in [2.75, 3.05) is 0 Å². The fourth-order valence-electron chi connectivity index (χ4n) is 3.91. The number of carboxylic acid groups (broad SMARTS) is 1. The lowest BCUT2D eigenvalue weighted by atomic mass is 9.98. The predicted molar refractivity (Wildman–Crippen MR) is 129 cm³/mol. The third-order valence-corrected chi connectivity index (χ3v) is 5.91. The normalized spacial score (nSPS) is 11.5. The average molecular weight is 453 g/mol. The summed E-state index contributed by atoms with van der Waals surface area (Å²) in [7, 11) is 0. The van der Waals surface area contributed by atoms with Gasteiger partial charge in [-0.3, -0.25) is 9.13 Å². The van der Waals surface area contributed by atoms with E-state index in [0.29, 0.717) is 36.1 Å². The minimum atomic E-state index is -0.978. The zero-order chi connectivity index (χ0) is 24.1. The van der Waals surface area contributed by atoms with E-state index < -0.39 is 11.9 Å². The van der Waals surface area contributed by atoms with Crippen molar-refractivity contribution in [3.63, 3.8) is 0 Å². The highest BCUT2D eigenvalue weighted by Crippen LogP contribution is 2.25. The van der Waals surface area contributed by atoms with Crippen LogP contribution in [0.2, 0.25) is 0 Å². The van der Waals surface area contributed by atoms with Crippen molar-refractivity contribution in [3.8, 4) is 11.1 Å². The predicted octanol–water partition coefficient (Wildman–Crippen LogP) is 5.84. The zero-order valence-electron chi connectivity index (χ0n) is 19.8. The first kappa shape index (κ1) is 24.5. The molecule has 5 nitrogen and oxygen atoms in total. The molecule has 0 aliphatic heterocycles. The molecule has 1 aromatic heterocycles. The summed E-state index contributed by atoms with van der Waals surface area (Å²) < 4.78 is 18.1. The molecular formula is C27H33FN2O3. The van der Waals surface area contributed by atoms with E-state index in [-0.39, 0.29) is 17.8 Å². The van der Waals surface area contributed by atoms with Crippen LogP contribution in [-0.4, -0.2) is 20.2 Å². The number of hydrogen-bond acceptors (Lipinski definition) is 2. The number of carbonyl (C=O) groups is 1. The van der Waals surface area contributed by atoms with Crippen molar-refractivity contribution in [2.24, 2.45) is 11.8 Å². The molecular weight excluding hydrogens is 419 g/mol. The quantitative estimate of drug-likeness (QED) is 0.420. The number of halogens is 1. The first-order valence-electron chi connectivity index (χ1n) is 11.6. The fraction of sp³-hybridized carbons (Fsp3) is 0.407. The molecule has 0 fully saturated rings. The van der Waals surface area contributed by atoms with Crippen molar-refractivity contribution in [3.05, 3.63) is 81.8 Å². The molecule has 0 amide bonds.